The van der Waals surface area contributed by atoms with E-state index >= 15 is 0 Å². The molecule has 0 saturated carbocycles. The van der Waals surface area contributed by atoms with E-state index in [0.717, 1.165) is 6.42 Å². The van der Waals surface area contributed by atoms with Crippen molar-refractivity contribution < 1.29 is 22.7 Å². The Kier molecular flexibility index (Phi) is 6.66. The highest BCUT2D eigenvalue weighted by Gasteiger charge is 2.31. The van der Waals surface area contributed by atoms with Crippen LogP contribution in [0.3, 0.4) is 0 Å². The molecule has 1 amide bonds. The van der Waals surface area contributed by atoms with Crippen LogP contribution < -0.4 is 9.47 Å². The molecule has 25 heavy (non-hydrogen) atoms. The summed E-state index contributed by atoms with van der Waals surface area (Å²) in [4.78, 5) is 14.5. The van der Waals surface area contributed by atoms with Gasteiger partial charge in [0.05, 0.1) is 20.0 Å². The predicted molar refractivity (Wildman–Crippen MR) is 95.7 cm³/mol. The Balaban J connectivity index is 2.10. The standard InChI is InChI=1S/C17H26N2O5S/c1-4-5-13-25(21,22)19-11-9-18(10-12-19)17(20)16-14(23-2)7-6-8-15(16)24-3/h6-8H,4-5,9-13H2,1-3H3. The van der Waals surface area contributed by atoms with Crippen molar-refractivity contribution in [3.05, 3.63) is 23.8 Å². The van der Waals surface area contributed by atoms with Gasteiger partial charge in [-0.2, -0.15) is 4.31 Å². The van der Waals surface area contributed by atoms with Crippen molar-refractivity contribution in [1.82, 2.24) is 9.21 Å². The fourth-order valence-corrected chi connectivity index (χ4v) is 4.48. The van der Waals surface area contributed by atoms with E-state index in [0.29, 0.717) is 49.7 Å². The lowest BCUT2D eigenvalue weighted by atomic mass is 10.1. The van der Waals surface area contributed by atoms with Gasteiger partial charge in [0, 0.05) is 26.2 Å². The van der Waals surface area contributed by atoms with Crippen molar-refractivity contribution in [2.75, 3.05) is 46.2 Å². The van der Waals surface area contributed by atoms with Crippen LogP contribution in [0.5, 0.6) is 11.5 Å². The van der Waals surface area contributed by atoms with Crippen LogP contribution in [0.2, 0.25) is 0 Å². The Morgan fingerprint density at radius 1 is 1.08 bits per heavy atom. The highest BCUT2D eigenvalue weighted by atomic mass is 32.2. The molecule has 1 fully saturated rings. The summed E-state index contributed by atoms with van der Waals surface area (Å²) in [7, 11) is -0.231. The Labute approximate surface area is 149 Å². The Hall–Kier alpha value is -1.80. The molecule has 1 saturated heterocycles. The molecule has 0 unspecified atom stereocenters. The van der Waals surface area contributed by atoms with Crippen LogP contribution in [-0.4, -0.2) is 69.7 Å². The van der Waals surface area contributed by atoms with Crippen LogP contribution in [0.25, 0.3) is 0 Å². The summed E-state index contributed by atoms with van der Waals surface area (Å²) in [6, 6.07) is 5.18. The summed E-state index contributed by atoms with van der Waals surface area (Å²) >= 11 is 0. The molecule has 2 rings (SSSR count). The first-order valence-electron chi connectivity index (χ1n) is 8.42. The normalized spacial score (nSPS) is 15.9. The summed E-state index contributed by atoms with van der Waals surface area (Å²) in [6.45, 7) is 3.30. The van der Waals surface area contributed by atoms with Crippen molar-refractivity contribution in [2.45, 2.75) is 19.8 Å². The number of carbonyl (C=O) groups is 1. The number of piperazine rings is 1. The summed E-state index contributed by atoms with van der Waals surface area (Å²) in [6.07, 6.45) is 1.49. The van der Waals surface area contributed by atoms with Gasteiger partial charge in [-0.1, -0.05) is 19.4 Å². The first-order chi connectivity index (χ1) is 11.9. The lowest BCUT2D eigenvalue weighted by Gasteiger charge is -2.34. The van der Waals surface area contributed by atoms with Crippen molar-refractivity contribution in [3.8, 4) is 11.5 Å². The number of hydrogen-bond donors (Lipinski definition) is 0. The monoisotopic (exact) mass is 370 g/mol. The molecule has 0 N–H and O–H groups in total. The Morgan fingerprint density at radius 2 is 1.64 bits per heavy atom. The maximum absolute atomic E-state index is 12.9. The minimum Gasteiger partial charge on any atom is -0.496 e. The molecule has 0 aromatic heterocycles. The summed E-state index contributed by atoms with van der Waals surface area (Å²) < 4.78 is 36.6. The number of methoxy groups -OCH3 is 2. The number of sulfonamides is 1. The highest BCUT2D eigenvalue weighted by molar-refractivity contribution is 7.89. The molecule has 0 radical (unpaired) electrons. The molecule has 7 nitrogen and oxygen atoms in total. The average Bonchev–Trinajstić information content (AvgIpc) is 2.65. The number of benzene rings is 1. The largest absolute Gasteiger partial charge is 0.496 e. The van der Waals surface area contributed by atoms with Gasteiger partial charge in [0.1, 0.15) is 17.1 Å². The second-order valence-corrected chi connectivity index (χ2v) is 7.99. The fourth-order valence-electron chi connectivity index (χ4n) is 2.85. The number of ether oxygens (including phenoxy) is 2. The first-order valence-corrected chi connectivity index (χ1v) is 10.0. The summed E-state index contributed by atoms with van der Waals surface area (Å²) in [5.74, 6) is 0.849. The molecular weight excluding hydrogens is 344 g/mol. The van der Waals surface area contributed by atoms with Gasteiger partial charge in [-0.3, -0.25) is 4.79 Å². The van der Waals surface area contributed by atoms with E-state index in [-0.39, 0.29) is 11.7 Å². The van der Waals surface area contributed by atoms with Gasteiger partial charge < -0.3 is 14.4 Å². The predicted octanol–water partition coefficient (Wildman–Crippen LogP) is 1.59. The molecular formula is C17H26N2O5S. The second kappa shape index (κ2) is 8.53. The number of nitrogens with zero attached hydrogens (tertiary/aromatic N) is 2. The van der Waals surface area contributed by atoms with Crippen LogP contribution in [-0.2, 0) is 10.0 Å². The number of rotatable bonds is 7. The SMILES string of the molecule is CCCCS(=O)(=O)N1CCN(C(=O)c2c(OC)cccc2OC)CC1. The van der Waals surface area contributed by atoms with E-state index in [2.05, 4.69) is 0 Å². The van der Waals surface area contributed by atoms with Crippen LogP contribution in [0.4, 0.5) is 0 Å². The van der Waals surface area contributed by atoms with Crippen molar-refractivity contribution in [1.29, 1.82) is 0 Å². The van der Waals surface area contributed by atoms with Crippen molar-refractivity contribution >= 4 is 15.9 Å². The zero-order valence-corrected chi connectivity index (χ0v) is 15.8. The van der Waals surface area contributed by atoms with Gasteiger partial charge in [0.25, 0.3) is 5.91 Å². The quantitative estimate of drug-likeness (QED) is 0.729. The van der Waals surface area contributed by atoms with E-state index in [1.807, 2.05) is 6.92 Å². The third-order valence-electron chi connectivity index (χ3n) is 4.32. The second-order valence-electron chi connectivity index (χ2n) is 5.90. The van der Waals surface area contributed by atoms with Crippen molar-refractivity contribution in [3.63, 3.8) is 0 Å². The summed E-state index contributed by atoms with van der Waals surface area (Å²) in [5, 5.41) is 0. The molecule has 1 aliphatic rings. The maximum atomic E-state index is 12.9. The van der Waals surface area contributed by atoms with Gasteiger partial charge in [0.15, 0.2) is 0 Å². The van der Waals surface area contributed by atoms with E-state index in [9.17, 15) is 13.2 Å². The molecule has 140 valence electrons. The lowest BCUT2D eigenvalue weighted by Crippen LogP contribution is -2.51. The molecule has 0 atom stereocenters. The van der Waals surface area contributed by atoms with Crippen LogP contribution >= 0.6 is 0 Å². The van der Waals surface area contributed by atoms with Gasteiger partial charge in [-0.25, -0.2) is 8.42 Å². The topological polar surface area (TPSA) is 76.2 Å². The Morgan fingerprint density at radius 3 is 2.12 bits per heavy atom. The minimum absolute atomic E-state index is 0.164. The first kappa shape index (κ1) is 19.5. The van der Waals surface area contributed by atoms with Gasteiger partial charge in [-0.15, -0.1) is 0 Å². The highest BCUT2D eigenvalue weighted by Crippen LogP contribution is 2.30. The number of hydrogen-bond acceptors (Lipinski definition) is 5. The molecule has 1 aromatic rings. The number of unbranched alkanes of at least 4 members (excludes halogenated alkanes) is 1. The van der Waals surface area contributed by atoms with Crippen LogP contribution in [0, 0.1) is 0 Å². The molecule has 0 bridgehead atoms. The number of amides is 1. The van der Waals surface area contributed by atoms with E-state index < -0.39 is 10.0 Å². The third-order valence-corrected chi connectivity index (χ3v) is 6.27. The minimum atomic E-state index is -3.24. The van der Waals surface area contributed by atoms with Crippen LogP contribution in [0.1, 0.15) is 30.1 Å². The van der Waals surface area contributed by atoms with E-state index in [1.54, 1.807) is 23.1 Å². The van der Waals surface area contributed by atoms with Gasteiger partial charge in [-0.05, 0) is 18.6 Å². The van der Waals surface area contributed by atoms with Crippen LogP contribution in [0.15, 0.2) is 18.2 Å². The molecule has 0 aliphatic carbocycles. The van der Waals surface area contributed by atoms with E-state index in [4.69, 9.17) is 9.47 Å². The fraction of sp³-hybridized carbons (Fsp3) is 0.588. The molecule has 1 heterocycles. The van der Waals surface area contributed by atoms with E-state index in [1.165, 1.54) is 18.5 Å². The smallest absolute Gasteiger partial charge is 0.261 e. The zero-order valence-electron chi connectivity index (χ0n) is 15.0. The molecule has 0 spiro atoms. The summed E-state index contributed by atoms with van der Waals surface area (Å²) in [5.41, 5.74) is 0.370. The average molecular weight is 370 g/mol. The zero-order chi connectivity index (χ0) is 18.4. The molecule has 1 aliphatic heterocycles. The van der Waals surface area contributed by atoms with Gasteiger partial charge >= 0.3 is 0 Å². The molecule has 1 aromatic carbocycles. The number of carbonyl (C=O) groups excluding carboxylic acids is 1. The third kappa shape index (κ3) is 4.43. The lowest BCUT2D eigenvalue weighted by molar-refractivity contribution is 0.0691. The maximum Gasteiger partial charge on any atom is 0.261 e. The molecule has 8 heteroatoms. The van der Waals surface area contributed by atoms with Crippen molar-refractivity contribution in [2.24, 2.45) is 0 Å². The Bertz CT molecular complexity index is 675. The van der Waals surface area contributed by atoms with Gasteiger partial charge in [0.2, 0.25) is 10.0 Å².